The zero-order valence-electron chi connectivity index (χ0n) is 19.4. The van der Waals surface area contributed by atoms with E-state index in [1.54, 1.807) is 14.2 Å². The summed E-state index contributed by atoms with van der Waals surface area (Å²) in [4.78, 5) is 12.8. The van der Waals surface area contributed by atoms with E-state index in [0.29, 0.717) is 15.0 Å². The lowest BCUT2D eigenvalue weighted by Crippen LogP contribution is -2.33. The zero-order valence-corrected chi connectivity index (χ0v) is 21.1. The molecule has 168 valence electrons. The Bertz CT molecular complexity index is 1150. The number of nitrogens with one attached hydrogen (secondary N) is 1. The first-order valence-electron chi connectivity index (χ1n) is 10.7. The maximum Gasteiger partial charge on any atom is 0.263 e. The number of thiocarbonyl (C=S) groups is 1. The van der Waals surface area contributed by atoms with Gasteiger partial charge < -0.3 is 14.8 Å². The number of methoxy groups -OCH3 is 2. The molecule has 4 nitrogen and oxygen atoms in total. The van der Waals surface area contributed by atoms with Crippen LogP contribution in [0, 0.1) is 0 Å². The molecule has 2 aliphatic rings. The van der Waals surface area contributed by atoms with Gasteiger partial charge in [-0.1, -0.05) is 69.9 Å². The minimum atomic E-state index is -0.183. The number of ether oxygens (including phenoxy) is 2. The van der Waals surface area contributed by atoms with Crippen molar-refractivity contribution in [2.45, 2.75) is 51.4 Å². The summed E-state index contributed by atoms with van der Waals surface area (Å²) < 4.78 is 12.1. The van der Waals surface area contributed by atoms with Gasteiger partial charge in [0.1, 0.15) is 15.8 Å². The van der Waals surface area contributed by atoms with Crippen LogP contribution in [-0.2, 0) is 15.6 Å². The fourth-order valence-corrected chi connectivity index (χ4v) is 5.70. The molecule has 0 unspecified atom stereocenters. The molecule has 0 spiro atoms. The molecule has 0 saturated carbocycles. The van der Waals surface area contributed by atoms with Gasteiger partial charge >= 0.3 is 0 Å². The van der Waals surface area contributed by atoms with Gasteiger partial charge in [-0.15, -0.1) is 0 Å². The van der Waals surface area contributed by atoms with E-state index in [-0.39, 0.29) is 16.7 Å². The minimum absolute atomic E-state index is 0.0925. The van der Waals surface area contributed by atoms with Crippen molar-refractivity contribution >= 4 is 40.3 Å². The van der Waals surface area contributed by atoms with Crippen molar-refractivity contribution in [1.29, 1.82) is 0 Å². The van der Waals surface area contributed by atoms with Gasteiger partial charge in [0.15, 0.2) is 0 Å². The summed E-state index contributed by atoms with van der Waals surface area (Å²) in [6.45, 7) is 9.28. The number of thioether (sulfide) groups is 1. The third kappa shape index (κ3) is 3.95. The number of rotatable bonds is 4. The Morgan fingerprint density at radius 3 is 2.28 bits per heavy atom. The van der Waals surface area contributed by atoms with Crippen molar-refractivity contribution in [1.82, 2.24) is 5.32 Å². The van der Waals surface area contributed by atoms with E-state index in [1.807, 2.05) is 18.2 Å². The van der Waals surface area contributed by atoms with E-state index >= 15 is 0 Å². The van der Waals surface area contributed by atoms with Gasteiger partial charge in [-0.3, -0.25) is 4.79 Å². The molecule has 1 aliphatic carbocycles. The van der Waals surface area contributed by atoms with Crippen molar-refractivity contribution in [3.8, 4) is 22.6 Å². The lowest BCUT2D eigenvalue weighted by molar-refractivity contribution is -0.115. The summed E-state index contributed by atoms with van der Waals surface area (Å²) in [6, 6.07) is 10.5. The van der Waals surface area contributed by atoms with E-state index in [0.717, 1.165) is 28.9 Å². The number of carbonyl (C=O) groups excluding carboxylic acids is 1. The third-order valence-corrected chi connectivity index (χ3v) is 7.81. The minimum Gasteiger partial charge on any atom is -0.496 e. The Labute approximate surface area is 199 Å². The largest absolute Gasteiger partial charge is 0.496 e. The summed E-state index contributed by atoms with van der Waals surface area (Å²) >= 11 is 6.39. The van der Waals surface area contributed by atoms with E-state index in [2.05, 4.69) is 51.2 Å². The standard InChI is InChI=1S/C26H29NO3S2/c1-25(2)11-12-26(3,4)18-13-15(7-9-17(18)25)21-19(29-5)10-8-16(22(21)30-6)14-20-23(28)27-24(31)32-20/h7-10,13-14H,11-12H2,1-6H3,(H,27,28,31). The zero-order chi connectivity index (χ0) is 23.3. The molecule has 0 aromatic heterocycles. The topological polar surface area (TPSA) is 47.6 Å². The lowest BCUT2D eigenvalue weighted by atomic mass is 9.63. The van der Waals surface area contributed by atoms with Crippen LogP contribution in [0.5, 0.6) is 11.5 Å². The second-order valence-electron chi connectivity index (χ2n) is 9.65. The van der Waals surface area contributed by atoms with Crippen LogP contribution in [0.2, 0.25) is 0 Å². The summed E-state index contributed by atoms with van der Waals surface area (Å²) in [5.41, 5.74) is 5.75. The van der Waals surface area contributed by atoms with Crippen molar-refractivity contribution in [2.75, 3.05) is 14.2 Å². The first-order valence-corrected chi connectivity index (χ1v) is 11.9. The van der Waals surface area contributed by atoms with Crippen molar-refractivity contribution in [2.24, 2.45) is 0 Å². The predicted molar refractivity (Wildman–Crippen MR) is 137 cm³/mol. The Hall–Kier alpha value is -2.31. The van der Waals surface area contributed by atoms with E-state index in [4.69, 9.17) is 21.7 Å². The second kappa shape index (κ2) is 8.23. The maximum absolute atomic E-state index is 12.2. The lowest BCUT2D eigenvalue weighted by Gasteiger charge is -2.42. The first-order chi connectivity index (χ1) is 15.1. The van der Waals surface area contributed by atoms with Crippen LogP contribution < -0.4 is 14.8 Å². The number of carbonyl (C=O) groups is 1. The van der Waals surface area contributed by atoms with Gasteiger partial charge in [0.05, 0.1) is 24.7 Å². The molecule has 32 heavy (non-hydrogen) atoms. The molecule has 1 saturated heterocycles. The molecule has 1 aliphatic heterocycles. The highest BCUT2D eigenvalue weighted by Gasteiger charge is 2.37. The summed E-state index contributed by atoms with van der Waals surface area (Å²) in [6.07, 6.45) is 4.14. The van der Waals surface area contributed by atoms with Gasteiger partial charge in [0.2, 0.25) is 0 Å². The Morgan fingerprint density at radius 2 is 1.69 bits per heavy atom. The molecule has 1 heterocycles. The van der Waals surface area contributed by atoms with Crippen molar-refractivity contribution in [3.63, 3.8) is 0 Å². The van der Waals surface area contributed by atoms with Crippen LogP contribution in [0.1, 0.15) is 57.2 Å². The molecule has 4 rings (SSSR count). The van der Waals surface area contributed by atoms with Gasteiger partial charge in [-0.25, -0.2) is 0 Å². The molecule has 0 radical (unpaired) electrons. The second-order valence-corrected chi connectivity index (χ2v) is 11.4. The Morgan fingerprint density at radius 1 is 1.00 bits per heavy atom. The molecule has 0 bridgehead atoms. The van der Waals surface area contributed by atoms with Crippen LogP contribution >= 0.6 is 24.0 Å². The third-order valence-electron chi connectivity index (χ3n) is 6.64. The first kappa shape index (κ1) is 22.9. The van der Waals surface area contributed by atoms with E-state index < -0.39 is 0 Å². The highest BCUT2D eigenvalue weighted by molar-refractivity contribution is 8.26. The van der Waals surface area contributed by atoms with Crippen LogP contribution in [0.4, 0.5) is 0 Å². The normalized spacial score (nSPS) is 20.1. The SMILES string of the molecule is COc1ccc(C=C2SC(=S)NC2=O)c(OC)c1-c1ccc2c(c1)C(C)(C)CCC2(C)C. The summed E-state index contributed by atoms with van der Waals surface area (Å²) in [7, 11) is 3.32. The van der Waals surface area contributed by atoms with Gasteiger partial charge in [-0.2, -0.15) is 0 Å². The molecular formula is C26H29NO3S2. The molecule has 0 atom stereocenters. The van der Waals surface area contributed by atoms with E-state index in [1.165, 1.54) is 29.3 Å². The van der Waals surface area contributed by atoms with Crippen LogP contribution in [0.3, 0.4) is 0 Å². The van der Waals surface area contributed by atoms with Crippen molar-refractivity contribution in [3.05, 3.63) is 51.9 Å². The monoisotopic (exact) mass is 467 g/mol. The number of amides is 1. The van der Waals surface area contributed by atoms with Gasteiger partial charge in [0.25, 0.3) is 5.91 Å². The fraction of sp³-hybridized carbons (Fsp3) is 0.385. The van der Waals surface area contributed by atoms with Gasteiger partial charge in [-0.05, 0) is 58.6 Å². The molecule has 2 aromatic rings. The quantitative estimate of drug-likeness (QED) is 0.428. The summed E-state index contributed by atoms with van der Waals surface area (Å²) in [5, 5.41) is 2.67. The molecule has 1 fully saturated rings. The summed E-state index contributed by atoms with van der Waals surface area (Å²) in [5.74, 6) is 1.23. The molecular weight excluding hydrogens is 438 g/mol. The van der Waals surface area contributed by atoms with Crippen LogP contribution in [-0.4, -0.2) is 24.4 Å². The fourth-order valence-electron chi connectivity index (χ4n) is 4.66. The number of fused-ring (bicyclic) bond motifs is 1. The van der Waals surface area contributed by atoms with Crippen LogP contribution in [0.15, 0.2) is 35.2 Å². The number of hydrogen-bond donors (Lipinski definition) is 1. The average Bonchev–Trinajstić information content (AvgIpc) is 3.07. The molecule has 1 amide bonds. The molecule has 1 N–H and O–H groups in total. The van der Waals surface area contributed by atoms with Crippen LogP contribution in [0.25, 0.3) is 17.2 Å². The predicted octanol–water partition coefficient (Wildman–Crippen LogP) is 6.21. The molecule has 2 aromatic carbocycles. The Balaban J connectivity index is 1.91. The maximum atomic E-state index is 12.2. The number of benzene rings is 2. The van der Waals surface area contributed by atoms with Crippen molar-refractivity contribution < 1.29 is 14.3 Å². The highest BCUT2D eigenvalue weighted by Crippen LogP contribution is 2.49. The van der Waals surface area contributed by atoms with Gasteiger partial charge in [0, 0.05) is 5.56 Å². The average molecular weight is 468 g/mol. The Kier molecular flexibility index (Phi) is 5.88. The highest BCUT2D eigenvalue weighted by atomic mass is 32.2. The smallest absolute Gasteiger partial charge is 0.263 e. The van der Waals surface area contributed by atoms with E-state index in [9.17, 15) is 4.79 Å². The molecule has 6 heteroatoms. The number of hydrogen-bond acceptors (Lipinski definition) is 5.